The molecule has 1 saturated heterocycles. The lowest BCUT2D eigenvalue weighted by atomic mass is 10.1. The van der Waals surface area contributed by atoms with Crippen LogP contribution in [0.25, 0.3) is 0 Å². The highest BCUT2D eigenvalue weighted by Crippen LogP contribution is 2.37. The molecule has 1 aromatic rings. The standard InChI is InChI=1S/C21H25N5O3/c1-11-7-8-16(9-12(11)2)25-13(3)10-24-17-18(22-20(24)25)23(6)21(29)26(19(17)28)14(4)15(5)27/h7-10,14,17-18H,1-6H3. The van der Waals surface area contributed by atoms with Crippen molar-refractivity contribution < 1.29 is 14.4 Å². The van der Waals surface area contributed by atoms with Crippen molar-refractivity contribution in [3.05, 3.63) is 41.2 Å². The van der Waals surface area contributed by atoms with Crippen molar-refractivity contribution in [2.75, 3.05) is 11.9 Å². The van der Waals surface area contributed by atoms with Crippen LogP contribution < -0.4 is 4.90 Å². The van der Waals surface area contributed by atoms with Crippen LogP contribution in [0.1, 0.15) is 31.9 Å². The second-order valence-electron chi connectivity index (χ2n) is 7.96. The Balaban J connectivity index is 1.74. The van der Waals surface area contributed by atoms with Gasteiger partial charge in [0.25, 0.3) is 5.91 Å². The number of hydrogen-bond acceptors (Lipinski definition) is 6. The Bertz CT molecular complexity index is 998. The molecule has 0 radical (unpaired) electrons. The van der Waals surface area contributed by atoms with Crippen molar-refractivity contribution >= 4 is 29.4 Å². The number of imide groups is 1. The van der Waals surface area contributed by atoms with Crippen LogP contribution in [0.2, 0.25) is 0 Å². The number of urea groups is 1. The Morgan fingerprint density at radius 3 is 2.45 bits per heavy atom. The molecular formula is C21H25N5O3. The smallest absolute Gasteiger partial charge is 0.302 e. The van der Waals surface area contributed by atoms with Gasteiger partial charge in [-0.1, -0.05) is 6.07 Å². The molecule has 0 aromatic heterocycles. The van der Waals surface area contributed by atoms with Gasteiger partial charge in [-0.25, -0.2) is 9.79 Å². The van der Waals surface area contributed by atoms with E-state index < -0.39 is 30.2 Å². The van der Waals surface area contributed by atoms with Crippen LogP contribution in [0.4, 0.5) is 10.5 Å². The van der Waals surface area contributed by atoms with E-state index in [0.717, 1.165) is 21.8 Å². The van der Waals surface area contributed by atoms with Crippen LogP contribution in [-0.4, -0.2) is 63.7 Å². The molecule has 0 N–H and O–H groups in total. The fourth-order valence-corrected chi connectivity index (χ4v) is 4.04. The molecule has 29 heavy (non-hydrogen) atoms. The number of guanidine groups is 1. The topological polar surface area (TPSA) is 76.5 Å². The van der Waals surface area contributed by atoms with Crippen molar-refractivity contribution in [2.24, 2.45) is 4.99 Å². The number of benzene rings is 1. The van der Waals surface area contributed by atoms with E-state index >= 15 is 0 Å². The minimum Gasteiger partial charge on any atom is -0.302 e. The Kier molecular flexibility index (Phi) is 4.25. The number of ketones is 1. The first kappa shape index (κ1) is 19.2. The Labute approximate surface area is 170 Å². The first-order valence-corrected chi connectivity index (χ1v) is 9.65. The van der Waals surface area contributed by atoms with Crippen LogP contribution in [-0.2, 0) is 9.59 Å². The SMILES string of the molecule is CC(=O)C(C)N1C(=O)C2C(N=C3N(c4ccc(C)c(C)c4)C(C)=CN32)N(C)C1=O. The van der Waals surface area contributed by atoms with Gasteiger partial charge in [-0.2, -0.15) is 0 Å². The van der Waals surface area contributed by atoms with E-state index in [4.69, 9.17) is 4.99 Å². The number of hydrogen-bond donors (Lipinski definition) is 0. The number of rotatable bonds is 3. The quantitative estimate of drug-likeness (QED) is 0.784. The number of carbonyl (C=O) groups is 3. The molecule has 1 aromatic carbocycles. The highest BCUT2D eigenvalue weighted by atomic mass is 16.2. The van der Waals surface area contributed by atoms with Gasteiger partial charge in [0.05, 0.1) is 6.04 Å². The van der Waals surface area contributed by atoms with Crippen LogP contribution in [0, 0.1) is 13.8 Å². The van der Waals surface area contributed by atoms with E-state index in [1.807, 2.05) is 29.0 Å². The number of aryl methyl sites for hydroxylation is 2. The molecule has 0 bridgehead atoms. The monoisotopic (exact) mass is 395 g/mol. The summed E-state index contributed by atoms with van der Waals surface area (Å²) < 4.78 is 0. The molecule has 0 aliphatic carbocycles. The Morgan fingerprint density at radius 1 is 1.14 bits per heavy atom. The third-order valence-electron chi connectivity index (χ3n) is 6.06. The first-order chi connectivity index (χ1) is 13.6. The summed E-state index contributed by atoms with van der Waals surface area (Å²) in [4.78, 5) is 49.0. The fraction of sp³-hybridized carbons (Fsp3) is 0.429. The first-order valence-electron chi connectivity index (χ1n) is 9.65. The summed E-state index contributed by atoms with van der Waals surface area (Å²) in [7, 11) is 1.62. The summed E-state index contributed by atoms with van der Waals surface area (Å²) in [6, 6.07) is 4.17. The van der Waals surface area contributed by atoms with Gasteiger partial charge in [0.2, 0.25) is 5.96 Å². The van der Waals surface area contributed by atoms with Crippen molar-refractivity contribution in [2.45, 2.75) is 52.9 Å². The molecule has 0 spiro atoms. The van der Waals surface area contributed by atoms with Crippen LogP contribution in [0.3, 0.4) is 0 Å². The summed E-state index contributed by atoms with van der Waals surface area (Å²) in [5.41, 5.74) is 4.25. The number of aliphatic imine (C=N–C) groups is 1. The van der Waals surface area contributed by atoms with Gasteiger partial charge in [0, 0.05) is 24.6 Å². The van der Waals surface area contributed by atoms with Gasteiger partial charge in [-0.3, -0.25) is 19.4 Å². The van der Waals surface area contributed by atoms with E-state index in [0.29, 0.717) is 5.96 Å². The van der Waals surface area contributed by atoms with Crippen LogP contribution in [0.5, 0.6) is 0 Å². The number of anilines is 1. The lowest BCUT2D eigenvalue weighted by molar-refractivity contribution is -0.142. The zero-order chi connectivity index (χ0) is 21.2. The lowest BCUT2D eigenvalue weighted by Gasteiger charge is -2.41. The van der Waals surface area contributed by atoms with Crippen LogP contribution in [0.15, 0.2) is 35.1 Å². The average Bonchev–Trinajstić information content (AvgIpc) is 3.17. The summed E-state index contributed by atoms with van der Waals surface area (Å²) in [5, 5.41) is 0. The zero-order valence-electron chi connectivity index (χ0n) is 17.5. The number of Topliss-reactive ketones (excluding diaryl/α,β-unsaturated/α-hetero) is 1. The molecule has 4 rings (SSSR count). The summed E-state index contributed by atoms with van der Waals surface area (Å²) in [6.07, 6.45) is 1.26. The number of nitrogens with zero attached hydrogens (tertiary/aromatic N) is 5. The molecule has 3 amide bonds. The number of carbonyl (C=O) groups excluding carboxylic acids is 3. The molecule has 8 nitrogen and oxygen atoms in total. The Hall–Kier alpha value is -3.16. The van der Waals surface area contributed by atoms with E-state index in [1.54, 1.807) is 14.0 Å². The average molecular weight is 395 g/mol. The van der Waals surface area contributed by atoms with E-state index in [9.17, 15) is 14.4 Å². The molecule has 1 fully saturated rings. The molecule has 3 unspecified atom stereocenters. The number of amides is 3. The van der Waals surface area contributed by atoms with E-state index in [-0.39, 0.29) is 5.78 Å². The van der Waals surface area contributed by atoms with Crippen molar-refractivity contribution in [1.29, 1.82) is 0 Å². The van der Waals surface area contributed by atoms with Gasteiger partial charge in [-0.05, 0) is 57.9 Å². The second-order valence-corrected chi connectivity index (χ2v) is 7.96. The van der Waals surface area contributed by atoms with E-state index in [1.165, 1.54) is 17.4 Å². The predicted octanol–water partition coefficient (Wildman–Crippen LogP) is 2.22. The number of allylic oxidation sites excluding steroid dienone is 1. The minimum atomic E-state index is -0.814. The molecule has 3 aliphatic heterocycles. The third kappa shape index (κ3) is 2.66. The summed E-state index contributed by atoms with van der Waals surface area (Å²) in [5.74, 6) is -0.0146. The largest absolute Gasteiger partial charge is 0.328 e. The highest BCUT2D eigenvalue weighted by molar-refractivity contribution is 6.11. The third-order valence-corrected chi connectivity index (χ3v) is 6.06. The molecule has 3 aliphatic rings. The maximum absolute atomic E-state index is 13.3. The highest BCUT2D eigenvalue weighted by Gasteiger charge is 2.55. The van der Waals surface area contributed by atoms with Gasteiger partial charge in [0.15, 0.2) is 18.0 Å². The molecule has 0 saturated carbocycles. The maximum Gasteiger partial charge on any atom is 0.328 e. The van der Waals surface area contributed by atoms with Gasteiger partial charge < -0.3 is 9.80 Å². The summed E-state index contributed by atoms with van der Waals surface area (Å²) in [6.45, 7) is 9.04. The van der Waals surface area contributed by atoms with E-state index in [2.05, 4.69) is 26.0 Å². The number of fused-ring (bicyclic) bond motifs is 3. The second kappa shape index (κ2) is 6.43. The zero-order valence-corrected chi connectivity index (χ0v) is 17.5. The Morgan fingerprint density at radius 2 is 1.83 bits per heavy atom. The fourth-order valence-electron chi connectivity index (χ4n) is 4.04. The predicted molar refractivity (Wildman–Crippen MR) is 109 cm³/mol. The molecular weight excluding hydrogens is 370 g/mol. The van der Waals surface area contributed by atoms with Crippen LogP contribution >= 0.6 is 0 Å². The maximum atomic E-state index is 13.3. The van der Waals surface area contributed by atoms with Gasteiger partial charge >= 0.3 is 6.03 Å². The normalized spacial score (nSPS) is 24.5. The van der Waals surface area contributed by atoms with Gasteiger partial charge in [-0.15, -0.1) is 0 Å². The lowest BCUT2D eigenvalue weighted by Crippen LogP contribution is -2.66. The summed E-state index contributed by atoms with van der Waals surface area (Å²) >= 11 is 0. The van der Waals surface area contributed by atoms with Crippen molar-refractivity contribution in [3.8, 4) is 0 Å². The number of likely N-dealkylation sites (N-methyl/N-ethyl adjacent to an activating group) is 1. The molecule has 8 heteroatoms. The van der Waals surface area contributed by atoms with Crippen molar-refractivity contribution in [3.63, 3.8) is 0 Å². The molecule has 3 atom stereocenters. The van der Waals surface area contributed by atoms with Gasteiger partial charge in [0.1, 0.15) is 0 Å². The molecule has 152 valence electrons. The van der Waals surface area contributed by atoms with Crippen molar-refractivity contribution in [1.82, 2.24) is 14.7 Å². The molecule has 3 heterocycles. The minimum absolute atomic E-state index is 0.234.